The van der Waals surface area contributed by atoms with Gasteiger partial charge in [0.2, 0.25) is 5.91 Å². The minimum absolute atomic E-state index is 0.177. The number of amides is 1. The van der Waals surface area contributed by atoms with E-state index in [9.17, 15) is 4.79 Å². The lowest BCUT2D eigenvalue weighted by molar-refractivity contribution is -0.117. The van der Waals surface area contributed by atoms with Gasteiger partial charge in [-0.3, -0.25) is 9.89 Å². The highest BCUT2D eigenvalue weighted by molar-refractivity contribution is 5.94. The zero-order chi connectivity index (χ0) is 12.0. The number of rotatable bonds is 2. The van der Waals surface area contributed by atoms with Crippen LogP contribution < -0.4 is 5.32 Å². The molecule has 0 aromatic carbocycles. The fourth-order valence-corrected chi connectivity index (χ4v) is 3.19. The van der Waals surface area contributed by atoms with Crippen LogP contribution in [0.4, 0.5) is 5.82 Å². The van der Waals surface area contributed by atoms with Crippen molar-refractivity contribution in [3.8, 4) is 0 Å². The van der Waals surface area contributed by atoms with Crippen molar-refractivity contribution in [2.75, 3.05) is 5.32 Å². The van der Waals surface area contributed by atoms with Gasteiger partial charge in [0.25, 0.3) is 0 Å². The Morgan fingerprint density at radius 3 is 2.47 bits per heavy atom. The summed E-state index contributed by atoms with van der Waals surface area (Å²) in [5, 5.41) is 9.99. The quantitative estimate of drug-likeness (QED) is 0.824. The molecule has 0 radical (unpaired) electrons. The van der Waals surface area contributed by atoms with Gasteiger partial charge in [0, 0.05) is 17.2 Å². The van der Waals surface area contributed by atoms with Gasteiger partial charge in [-0.2, -0.15) is 5.10 Å². The second-order valence-electron chi connectivity index (χ2n) is 5.45. The molecular formula is C13H19N3O. The third-order valence-corrected chi connectivity index (χ3v) is 4.45. The first-order chi connectivity index (χ1) is 8.18. The van der Waals surface area contributed by atoms with Gasteiger partial charge in [0.05, 0.1) is 0 Å². The van der Waals surface area contributed by atoms with Crippen molar-refractivity contribution in [3.63, 3.8) is 0 Å². The summed E-state index contributed by atoms with van der Waals surface area (Å²) < 4.78 is 0. The molecule has 0 aliphatic heterocycles. The fraction of sp³-hybridized carbons (Fsp3) is 0.692. The van der Waals surface area contributed by atoms with E-state index in [0.717, 1.165) is 11.3 Å². The first-order valence-electron chi connectivity index (χ1n) is 6.51. The topological polar surface area (TPSA) is 57.8 Å². The number of fused-ring (bicyclic) bond motifs is 1. The zero-order valence-electron chi connectivity index (χ0n) is 10.4. The van der Waals surface area contributed by atoms with Gasteiger partial charge in [-0.15, -0.1) is 0 Å². The molecule has 1 aromatic rings. The Morgan fingerprint density at radius 1 is 1.29 bits per heavy atom. The number of anilines is 1. The van der Waals surface area contributed by atoms with Crippen LogP contribution in [0.25, 0.3) is 0 Å². The average molecular weight is 233 g/mol. The smallest absolute Gasteiger partial charge is 0.229 e. The van der Waals surface area contributed by atoms with E-state index in [2.05, 4.69) is 15.5 Å². The molecule has 2 N–H and O–H groups in total. The zero-order valence-corrected chi connectivity index (χ0v) is 10.4. The second-order valence-corrected chi connectivity index (χ2v) is 5.45. The van der Waals surface area contributed by atoms with E-state index in [1.54, 1.807) is 0 Å². The van der Waals surface area contributed by atoms with Gasteiger partial charge in [-0.05, 0) is 38.5 Å². The summed E-state index contributed by atoms with van der Waals surface area (Å²) in [5.74, 6) is 2.45. The monoisotopic (exact) mass is 233 g/mol. The van der Waals surface area contributed by atoms with Crippen LogP contribution in [0.15, 0.2) is 0 Å². The Bertz CT molecular complexity index is 440. The number of H-pyrrole nitrogens is 1. The maximum Gasteiger partial charge on any atom is 0.229 e. The Kier molecular flexibility index (Phi) is 2.45. The molecule has 2 saturated carbocycles. The summed E-state index contributed by atoms with van der Waals surface area (Å²) in [7, 11) is 0. The number of aryl methyl sites for hydroxylation is 1. The third kappa shape index (κ3) is 1.75. The molecule has 2 aliphatic carbocycles. The van der Waals surface area contributed by atoms with Crippen LogP contribution in [0.3, 0.4) is 0 Å². The number of aromatic amines is 1. The molecule has 0 bridgehead atoms. The average Bonchev–Trinajstić information content (AvgIpc) is 2.99. The predicted octanol–water partition coefficient (Wildman–Crippen LogP) is 2.40. The number of carbonyl (C=O) groups is 1. The summed E-state index contributed by atoms with van der Waals surface area (Å²) in [6, 6.07) is 0. The van der Waals surface area contributed by atoms with Crippen LogP contribution in [0.5, 0.6) is 0 Å². The molecule has 1 amide bonds. The Labute approximate surface area is 101 Å². The standard InChI is InChI=1S/C13H19N3O/c1-7-8(2)15-16-12(7)14-13(17)11-9-5-3-4-6-10(9)11/h9-11H,3-6H2,1-2H3,(H2,14,15,16,17). The highest BCUT2D eigenvalue weighted by Crippen LogP contribution is 2.55. The summed E-state index contributed by atoms with van der Waals surface area (Å²) >= 11 is 0. The molecule has 2 atom stereocenters. The fourth-order valence-electron chi connectivity index (χ4n) is 3.19. The Hall–Kier alpha value is -1.32. The van der Waals surface area contributed by atoms with Gasteiger partial charge in [0.15, 0.2) is 5.82 Å². The van der Waals surface area contributed by atoms with Crippen molar-refractivity contribution in [3.05, 3.63) is 11.3 Å². The molecule has 0 saturated heterocycles. The lowest BCUT2D eigenvalue weighted by Gasteiger charge is -2.04. The predicted molar refractivity (Wildman–Crippen MR) is 65.6 cm³/mol. The Morgan fingerprint density at radius 2 is 1.94 bits per heavy atom. The minimum Gasteiger partial charge on any atom is -0.309 e. The first-order valence-corrected chi connectivity index (χ1v) is 6.51. The highest BCUT2D eigenvalue weighted by atomic mass is 16.2. The molecule has 17 heavy (non-hydrogen) atoms. The molecule has 0 spiro atoms. The number of nitrogens with zero attached hydrogens (tertiary/aromatic N) is 1. The van der Waals surface area contributed by atoms with Crippen LogP contribution in [-0.2, 0) is 4.79 Å². The summed E-state index contributed by atoms with van der Waals surface area (Å²) in [6.07, 6.45) is 5.07. The molecule has 2 fully saturated rings. The largest absolute Gasteiger partial charge is 0.309 e. The van der Waals surface area contributed by atoms with E-state index < -0.39 is 0 Å². The van der Waals surface area contributed by atoms with Crippen molar-refractivity contribution in [2.24, 2.45) is 17.8 Å². The van der Waals surface area contributed by atoms with E-state index in [0.29, 0.717) is 17.7 Å². The number of hydrogen-bond donors (Lipinski definition) is 2. The number of carbonyl (C=O) groups excluding carboxylic acids is 1. The molecule has 1 heterocycles. The van der Waals surface area contributed by atoms with Gasteiger partial charge < -0.3 is 5.32 Å². The van der Waals surface area contributed by atoms with Crippen LogP contribution in [-0.4, -0.2) is 16.1 Å². The maximum absolute atomic E-state index is 12.1. The maximum atomic E-state index is 12.1. The van der Waals surface area contributed by atoms with Gasteiger partial charge in [-0.1, -0.05) is 12.8 Å². The normalized spacial score (nSPS) is 30.8. The van der Waals surface area contributed by atoms with E-state index >= 15 is 0 Å². The SMILES string of the molecule is Cc1[nH]nc(NC(=O)C2C3CCCCC32)c1C. The summed E-state index contributed by atoms with van der Waals surface area (Å²) in [6.45, 7) is 3.95. The van der Waals surface area contributed by atoms with Crippen molar-refractivity contribution in [1.29, 1.82) is 0 Å². The van der Waals surface area contributed by atoms with Gasteiger partial charge >= 0.3 is 0 Å². The number of aromatic nitrogens is 2. The van der Waals surface area contributed by atoms with Crippen LogP contribution in [0, 0.1) is 31.6 Å². The minimum atomic E-state index is 0.177. The third-order valence-electron chi connectivity index (χ3n) is 4.45. The summed E-state index contributed by atoms with van der Waals surface area (Å²) in [5.41, 5.74) is 2.07. The molecule has 92 valence electrons. The summed E-state index contributed by atoms with van der Waals surface area (Å²) in [4.78, 5) is 12.1. The van der Waals surface area contributed by atoms with Crippen molar-refractivity contribution in [1.82, 2.24) is 10.2 Å². The van der Waals surface area contributed by atoms with Gasteiger partial charge in [0.1, 0.15) is 0 Å². The molecular weight excluding hydrogens is 214 g/mol. The van der Waals surface area contributed by atoms with E-state index in [4.69, 9.17) is 0 Å². The lowest BCUT2D eigenvalue weighted by Crippen LogP contribution is -2.16. The van der Waals surface area contributed by atoms with E-state index in [-0.39, 0.29) is 11.8 Å². The van der Waals surface area contributed by atoms with Crippen molar-refractivity contribution in [2.45, 2.75) is 39.5 Å². The van der Waals surface area contributed by atoms with Crippen molar-refractivity contribution >= 4 is 11.7 Å². The van der Waals surface area contributed by atoms with Crippen LogP contribution in [0.1, 0.15) is 36.9 Å². The van der Waals surface area contributed by atoms with Crippen LogP contribution >= 0.6 is 0 Å². The molecule has 4 heteroatoms. The van der Waals surface area contributed by atoms with E-state index in [1.165, 1.54) is 25.7 Å². The lowest BCUT2D eigenvalue weighted by atomic mass is 10.0. The van der Waals surface area contributed by atoms with Crippen LogP contribution in [0.2, 0.25) is 0 Å². The molecule has 3 rings (SSSR count). The number of nitrogens with one attached hydrogen (secondary N) is 2. The number of hydrogen-bond acceptors (Lipinski definition) is 2. The second kappa shape index (κ2) is 3.86. The van der Waals surface area contributed by atoms with Crippen molar-refractivity contribution < 1.29 is 4.79 Å². The molecule has 4 nitrogen and oxygen atoms in total. The molecule has 2 unspecified atom stereocenters. The van der Waals surface area contributed by atoms with Gasteiger partial charge in [-0.25, -0.2) is 0 Å². The Balaban J connectivity index is 1.66. The molecule has 2 aliphatic rings. The first kappa shape index (κ1) is 10.8. The van der Waals surface area contributed by atoms with E-state index in [1.807, 2.05) is 13.8 Å². The molecule has 1 aromatic heterocycles. The highest BCUT2D eigenvalue weighted by Gasteiger charge is 2.54.